The zero-order valence-electron chi connectivity index (χ0n) is 15.5. The lowest BCUT2D eigenvalue weighted by molar-refractivity contribution is 0.0420. The molecule has 0 aliphatic carbocycles. The van der Waals surface area contributed by atoms with Crippen LogP contribution in [0.5, 0.6) is 0 Å². The van der Waals surface area contributed by atoms with Crippen LogP contribution in [0.4, 0.5) is 0 Å². The van der Waals surface area contributed by atoms with Crippen molar-refractivity contribution in [1.82, 2.24) is 15.8 Å². The van der Waals surface area contributed by atoms with Crippen LogP contribution in [0.15, 0.2) is 45.9 Å². The fourth-order valence-electron chi connectivity index (χ4n) is 2.70. The van der Waals surface area contributed by atoms with Crippen molar-refractivity contribution in [3.8, 4) is 11.3 Å². The van der Waals surface area contributed by atoms with Gasteiger partial charge in [0, 0.05) is 38.4 Å². The van der Waals surface area contributed by atoms with E-state index in [1.807, 2.05) is 36.4 Å². The van der Waals surface area contributed by atoms with Gasteiger partial charge in [-0.1, -0.05) is 35.5 Å². The van der Waals surface area contributed by atoms with Crippen LogP contribution in [0, 0.1) is 0 Å². The van der Waals surface area contributed by atoms with E-state index in [-0.39, 0.29) is 30.1 Å². The number of benzene rings is 1. The molecule has 0 saturated carbocycles. The standard InChI is InChI=1S/C19H26N4O3.HI/c1-20-19(21-9-5-10-25-17-8-11-24-14-17)22-13-16-12-18(26-23-16)15-6-3-2-4-7-15;/h2-4,6-7,12,17H,5,8-11,13-14H2,1H3,(H2,20,21,22);1H. The topological polar surface area (TPSA) is 80.9 Å². The van der Waals surface area contributed by atoms with E-state index in [1.54, 1.807) is 7.05 Å². The molecule has 1 saturated heterocycles. The lowest BCUT2D eigenvalue weighted by Gasteiger charge is -2.12. The second-order valence-corrected chi connectivity index (χ2v) is 6.11. The first-order chi connectivity index (χ1) is 12.8. The van der Waals surface area contributed by atoms with E-state index >= 15 is 0 Å². The van der Waals surface area contributed by atoms with Crippen LogP contribution < -0.4 is 10.6 Å². The smallest absolute Gasteiger partial charge is 0.191 e. The Labute approximate surface area is 176 Å². The number of halogens is 1. The van der Waals surface area contributed by atoms with Gasteiger partial charge in [0.25, 0.3) is 0 Å². The summed E-state index contributed by atoms with van der Waals surface area (Å²) in [7, 11) is 1.75. The van der Waals surface area contributed by atoms with Crippen molar-refractivity contribution >= 4 is 29.9 Å². The van der Waals surface area contributed by atoms with Crippen LogP contribution in [-0.2, 0) is 16.0 Å². The van der Waals surface area contributed by atoms with Gasteiger partial charge < -0.3 is 24.6 Å². The van der Waals surface area contributed by atoms with Gasteiger partial charge in [-0.3, -0.25) is 4.99 Å². The predicted molar refractivity (Wildman–Crippen MR) is 115 cm³/mol. The van der Waals surface area contributed by atoms with E-state index < -0.39 is 0 Å². The van der Waals surface area contributed by atoms with Gasteiger partial charge >= 0.3 is 0 Å². The molecule has 0 amide bonds. The second kappa shape index (κ2) is 11.9. The summed E-state index contributed by atoms with van der Waals surface area (Å²) in [6.45, 7) is 3.60. The van der Waals surface area contributed by atoms with Crippen LogP contribution in [0.2, 0.25) is 0 Å². The highest BCUT2D eigenvalue weighted by atomic mass is 127. The molecule has 3 rings (SSSR count). The predicted octanol–water partition coefficient (Wildman–Crippen LogP) is 2.82. The van der Waals surface area contributed by atoms with E-state index in [2.05, 4.69) is 20.8 Å². The summed E-state index contributed by atoms with van der Waals surface area (Å²) in [4.78, 5) is 4.22. The summed E-state index contributed by atoms with van der Waals surface area (Å²) in [5.41, 5.74) is 1.85. The highest BCUT2D eigenvalue weighted by molar-refractivity contribution is 14.0. The molecule has 0 bridgehead atoms. The lowest BCUT2D eigenvalue weighted by atomic mass is 10.2. The van der Waals surface area contributed by atoms with E-state index in [0.29, 0.717) is 6.54 Å². The Bertz CT molecular complexity index is 687. The number of rotatable bonds is 8. The van der Waals surface area contributed by atoms with Crippen molar-refractivity contribution in [1.29, 1.82) is 0 Å². The third kappa shape index (κ3) is 7.11. The first kappa shape index (κ1) is 21.6. The first-order valence-corrected chi connectivity index (χ1v) is 9.00. The average Bonchev–Trinajstić information content (AvgIpc) is 3.36. The van der Waals surface area contributed by atoms with E-state index in [9.17, 15) is 0 Å². The SMILES string of the molecule is CN=C(NCCCOC1CCOC1)NCc1cc(-c2ccccc2)on1.I. The van der Waals surface area contributed by atoms with Crippen LogP contribution in [0.25, 0.3) is 11.3 Å². The number of aliphatic imine (C=N–C) groups is 1. The largest absolute Gasteiger partial charge is 0.379 e. The molecular weight excluding hydrogens is 459 g/mol. The number of hydrogen-bond acceptors (Lipinski definition) is 5. The van der Waals surface area contributed by atoms with Gasteiger partial charge in [-0.2, -0.15) is 0 Å². The van der Waals surface area contributed by atoms with Crippen LogP contribution in [0.3, 0.4) is 0 Å². The third-order valence-corrected chi connectivity index (χ3v) is 4.13. The van der Waals surface area contributed by atoms with Gasteiger partial charge in [-0.05, 0) is 12.8 Å². The number of ether oxygens (including phenoxy) is 2. The Hall–Kier alpha value is -1.65. The molecule has 2 N–H and O–H groups in total. The fourth-order valence-corrected chi connectivity index (χ4v) is 2.70. The number of hydrogen-bond donors (Lipinski definition) is 2. The molecule has 1 aromatic heterocycles. The van der Waals surface area contributed by atoms with Crippen molar-refractivity contribution in [2.24, 2.45) is 4.99 Å². The molecule has 0 spiro atoms. The average molecular weight is 486 g/mol. The van der Waals surface area contributed by atoms with Gasteiger partial charge in [-0.15, -0.1) is 24.0 Å². The van der Waals surface area contributed by atoms with Gasteiger partial charge in [0.2, 0.25) is 0 Å². The molecule has 8 heteroatoms. The fraction of sp³-hybridized carbons (Fsp3) is 0.474. The van der Waals surface area contributed by atoms with Crippen molar-refractivity contribution in [2.45, 2.75) is 25.5 Å². The van der Waals surface area contributed by atoms with Crippen molar-refractivity contribution in [3.63, 3.8) is 0 Å². The van der Waals surface area contributed by atoms with Crippen LogP contribution in [0.1, 0.15) is 18.5 Å². The third-order valence-electron chi connectivity index (χ3n) is 4.13. The molecule has 1 aliphatic rings. The summed E-state index contributed by atoms with van der Waals surface area (Å²) in [6, 6.07) is 11.9. The number of nitrogens with zero attached hydrogens (tertiary/aromatic N) is 2. The molecule has 1 atom stereocenters. The zero-order valence-corrected chi connectivity index (χ0v) is 17.8. The molecule has 148 valence electrons. The molecule has 2 heterocycles. The molecule has 0 radical (unpaired) electrons. The monoisotopic (exact) mass is 486 g/mol. The molecular formula is C19H27IN4O3. The quantitative estimate of drug-likeness (QED) is 0.259. The van der Waals surface area contributed by atoms with Crippen LogP contribution >= 0.6 is 24.0 Å². The lowest BCUT2D eigenvalue weighted by Crippen LogP contribution is -2.37. The Morgan fingerprint density at radius 1 is 1.30 bits per heavy atom. The van der Waals surface area contributed by atoms with E-state index in [4.69, 9.17) is 14.0 Å². The Kier molecular flexibility index (Phi) is 9.57. The second-order valence-electron chi connectivity index (χ2n) is 6.11. The molecule has 1 fully saturated rings. The van der Waals surface area contributed by atoms with Gasteiger partial charge in [-0.25, -0.2) is 0 Å². The minimum atomic E-state index is 0. The van der Waals surface area contributed by atoms with Gasteiger partial charge in [0.15, 0.2) is 11.7 Å². The zero-order chi connectivity index (χ0) is 18.0. The minimum Gasteiger partial charge on any atom is -0.379 e. The molecule has 2 aromatic rings. The first-order valence-electron chi connectivity index (χ1n) is 9.00. The summed E-state index contributed by atoms with van der Waals surface area (Å²) in [5.74, 6) is 1.50. The molecule has 1 aromatic carbocycles. The summed E-state index contributed by atoms with van der Waals surface area (Å²) in [5, 5.41) is 10.6. The van der Waals surface area contributed by atoms with Gasteiger partial charge in [0.05, 0.1) is 19.3 Å². The maximum absolute atomic E-state index is 5.74. The number of aromatic nitrogens is 1. The molecule has 7 nitrogen and oxygen atoms in total. The van der Waals surface area contributed by atoms with E-state index in [1.165, 1.54) is 0 Å². The van der Waals surface area contributed by atoms with Gasteiger partial charge in [0.1, 0.15) is 5.69 Å². The highest BCUT2D eigenvalue weighted by Gasteiger charge is 2.15. The summed E-state index contributed by atoms with van der Waals surface area (Å²) < 4.78 is 16.4. The minimum absolute atomic E-state index is 0. The Balaban J connectivity index is 0.00000261. The maximum atomic E-state index is 5.74. The Morgan fingerprint density at radius 3 is 2.89 bits per heavy atom. The van der Waals surface area contributed by atoms with E-state index in [0.717, 1.165) is 62.2 Å². The van der Waals surface area contributed by atoms with Crippen molar-refractivity contribution in [2.75, 3.05) is 33.4 Å². The molecule has 1 aliphatic heterocycles. The normalized spacial score (nSPS) is 16.8. The van der Waals surface area contributed by atoms with Crippen molar-refractivity contribution in [3.05, 3.63) is 42.1 Å². The highest BCUT2D eigenvalue weighted by Crippen LogP contribution is 2.19. The maximum Gasteiger partial charge on any atom is 0.191 e. The summed E-state index contributed by atoms with van der Waals surface area (Å²) in [6.07, 6.45) is 2.18. The van der Waals surface area contributed by atoms with Crippen molar-refractivity contribution < 1.29 is 14.0 Å². The number of nitrogens with one attached hydrogen (secondary N) is 2. The Morgan fingerprint density at radius 2 is 2.15 bits per heavy atom. The van der Waals surface area contributed by atoms with Crippen LogP contribution in [-0.4, -0.2) is 50.6 Å². The summed E-state index contributed by atoms with van der Waals surface area (Å²) >= 11 is 0. The number of guanidine groups is 1. The molecule has 27 heavy (non-hydrogen) atoms. The molecule has 1 unspecified atom stereocenters.